The van der Waals surface area contributed by atoms with Crippen LogP contribution in [0.3, 0.4) is 0 Å². The second kappa shape index (κ2) is 6.38. The van der Waals surface area contributed by atoms with Crippen LogP contribution in [-0.2, 0) is 14.3 Å². The zero-order chi connectivity index (χ0) is 14.5. The molecule has 2 rings (SSSR count). The molecule has 0 bridgehead atoms. The fourth-order valence-corrected chi connectivity index (χ4v) is 2.05. The standard InChI is InChI=1S/C14H17NO5/c1-9-5-6-19-13(9)14(18)15-10-3-2-4-11(7-10)20-8-12(16)17/h2-4,7,9,13H,5-6,8H2,1H3,(H,15,18)(H,16,17). The van der Waals surface area contributed by atoms with Crippen molar-refractivity contribution >= 4 is 17.6 Å². The third kappa shape index (κ3) is 3.71. The summed E-state index contributed by atoms with van der Waals surface area (Å²) in [4.78, 5) is 22.5. The van der Waals surface area contributed by atoms with E-state index >= 15 is 0 Å². The van der Waals surface area contributed by atoms with Crippen LogP contribution in [0, 0.1) is 5.92 Å². The van der Waals surface area contributed by atoms with Crippen molar-refractivity contribution in [2.24, 2.45) is 5.92 Å². The number of amides is 1. The van der Waals surface area contributed by atoms with E-state index in [1.165, 1.54) is 0 Å². The molecule has 2 N–H and O–H groups in total. The lowest BCUT2D eigenvalue weighted by Gasteiger charge is -2.15. The van der Waals surface area contributed by atoms with E-state index in [-0.39, 0.29) is 11.8 Å². The van der Waals surface area contributed by atoms with Crippen LogP contribution in [0.25, 0.3) is 0 Å². The highest BCUT2D eigenvalue weighted by Crippen LogP contribution is 2.23. The second-order valence-corrected chi connectivity index (χ2v) is 4.76. The number of carbonyl (C=O) groups excluding carboxylic acids is 1. The first-order valence-electron chi connectivity index (χ1n) is 6.43. The van der Waals surface area contributed by atoms with Gasteiger partial charge in [0.2, 0.25) is 0 Å². The highest BCUT2D eigenvalue weighted by molar-refractivity contribution is 5.94. The summed E-state index contributed by atoms with van der Waals surface area (Å²) in [5.41, 5.74) is 0.556. The van der Waals surface area contributed by atoms with Gasteiger partial charge in [0.05, 0.1) is 0 Å². The number of hydrogen-bond donors (Lipinski definition) is 2. The number of nitrogens with one attached hydrogen (secondary N) is 1. The predicted octanol–water partition coefficient (Wildman–Crippen LogP) is 1.51. The molecule has 1 aromatic carbocycles. The monoisotopic (exact) mass is 279 g/mol. The summed E-state index contributed by atoms with van der Waals surface area (Å²) in [5.74, 6) is -0.648. The largest absolute Gasteiger partial charge is 0.482 e. The Bertz CT molecular complexity index is 502. The lowest BCUT2D eigenvalue weighted by Crippen LogP contribution is -2.31. The van der Waals surface area contributed by atoms with Gasteiger partial charge in [0, 0.05) is 18.4 Å². The number of carboxylic acids is 1. The van der Waals surface area contributed by atoms with Crippen molar-refractivity contribution in [1.82, 2.24) is 0 Å². The van der Waals surface area contributed by atoms with Crippen LogP contribution in [0.5, 0.6) is 5.75 Å². The van der Waals surface area contributed by atoms with Crippen LogP contribution in [-0.4, -0.2) is 36.3 Å². The molecule has 1 aliphatic rings. The number of aliphatic carboxylic acids is 1. The van der Waals surface area contributed by atoms with Crippen LogP contribution < -0.4 is 10.1 Å². The second-order valence-electron chi connectivity index (χ2n) is 4.76. The van der Waals surface area contributed by atoms with Gasteiger partial charge in [-0.15, -0.1) is 0 Å². The summed E-state index contributed by atoms with van der Waals surface area (Å²) >= 11 is 0. The van der Waals surface area contributed by atoms with Crippen molar-refractivity contribution in [3.63, 3.8) is 0 Å². The van der Waals surface area contributed by atoms with E-state index in [1.54, 1.807) is 24.3 Å². The molecule has 1 heterocycles. The third-order valence-electron chi connectivity index (χ3n) is 3.11. The van der Waals surface area contributed by atoms with Gasteiger partial charge in [-0.3, -0.25) is 4.79 Å². The molecule has 0 saturated carbocycles. The van der Waals surface area contributed by atoms with Gasteiger partial charge in [-0.25, -0.2) is 4.79 Å². The number of anilines is 1. The average Bonchev–Trinajstić information content (AvgIpc) is 2.83. The van der Waals surface area contributed by atoms with E-state index in [0.29, 0.717) is 18.0 Å². The van der Waals surface area contributed by atoms with Crippen molar-refractivity contribution in [3.8, 4) is 5.75 Å². The van der Waals surface area contributed by atoms with Crippen LogP contribution >= 0.6 is 0 Å². The zero-order valence-electron chi connectivity index (χ0n) is 11.2. The number of ether oxygens (including phenoxy) is 2. The number of hydrogen-bond acceptors (Lipinski definition) is 4. The highest BCUT2D eigenvalue weighted by Gasteiger charge is 2.30. The van der Waals surface area contributed by atoms with Crippen LogP contribution in [0.4, 0.5) is 5.69 Å². The van der Waals surface area contributed by atoms with Crippen molar-refractivity contribution in [3.05, 3.63) is 24.3 Å². The van der Waals surface area contributed by atoms with Crippen molar-refractivity contribution in [1.29, 1.82) is 0 Å². The van der Waals surface area contributed by atoms with Crippen molar-refractivity contribution in [2.45, 2.75) is 19.4 Å². The van der Waals surface area contributed by atoms with Gasteiger partial charge in [0.1, 0.15) is 11.9 Å². The Morgan fingerprint density at radius 1 is 1.50 bits per heavy atom. The maximum Gasteiger partial charge on any atom is 0.341 e. The maximum atomic E-state index is 12.0. The molecule has 1 aromatic rings. The summed E-state index contributed by atoms with van der Waals surface area (Å²) in [6, 6.07) is 6.62. The first-order valence-corrected chi connectivity index (χ1v) is 6.43. The molecule has 1 amide bonds. The van der Waals surface area contributed by atoms with Crippen LogP contribution in [0.1, 0.15) is 13.3 Å². The quantitative estimate of drug-likeness (QED) is 0.853. The molecule has 0 aromatic heterocycles. The molecule has 6 nitrogen and oxygen atoms in total. The topological polar surface area (TPSA) is 84.9 Å². The lowest BCUT2D eigenvalue weighted by atomic mass is 10.0. The molecule has 20 heavy (non-hydrogen) atoms. The van der Waals surface area contributed by atoms with Crippen molar-refractivity contribution in [2.75, 3.05) is 18.5 Å². The van der Waals surface area contributed by atoms with Crippen LogP contribution in [0.15, 0.2) is 24.3 Å². The van der Waals surface area contributed by atoms with Gasteiger partial charge in [-0.2, -0.15) is 0 Å². The molecule has 6 heteroatoms. The maximum absolute atomic E-state index is 12.0. The Balaban J connectivity index is 1.96. The lowest BCUT2D eigenvalue weighted by molar-refractivity contribution is -0.139. The van der Waals surface area contributed by atoms with Gasteiger partial charge in [0.25, 0.3) is 5.91 Å². The van der Waals surface area contributed by atoms with Gasteiger partial charge in [-0.1, -0.05) is 13.0 Å². The summed E-state index contributed by atoms with van der Waals surface area (Å²) in [5, 5.41) is 11.3. The number of carbonyl (C=O) groups is 2. The molecule has 1 aliphatic heterocycles. The minimum absolute atomic E-state index is 0.189. The summed E-state index contributed by atoms with van der Waals surface area (Å²) in [7, 11) is 0. The van der Waals surface area contributed by atoms with E-state index in [1.807, 2.05) is 6.92 Å². The Labute approximate surface area is 116 Å². The molecule has 0 radical (unpaired) electrons. The number of benzene rings is 1. The average molecular weight is 279 g/mol. The van der Waals surface area contributed by atoms with Gasteiger partial charge in [-0.05, 0) is 24.5 Å². The smallest absolute Gasteiger partial charge is 0.341 e. The Morgan fingerprint density at radius 2 is 2.30 bits per heavy atom. The molecule has 0 aliphatic carbocycles. The minimum Gasteiger partial charge on any atom is -0.482 e. The van der Waals surface area contributed by atoms with E-state index in [0.717, 1.165) is 6.42 Å². The van der Waals surface area contributed by atoms with Gasteiger partial charge >= 0.3 is 5.97 Å². The van der Waals surface area contributed by atoms with Gasteiger partial charge < -0.3 is 19.9 Å². The van der Waals surface area contributed by atoms with E-state index in [9.17, 15) is 9.59 Å². The summed E-state index contributed by atoms with van der Waals surface area (Å²) < 4.78 is 10.4. The normalized spacial score (nSPS) is 21.4. The molecule has 1 saturated heterocycles. The third-order valence-corrected chi connectivity index (χ3v) is 3.11. The van der Waals surface area contributed by atoms with E-state index in [2.05, 4.69) is 5.32 Å². The Hall–Kier alpha value is -2.08. The fourth-order valence-electron chi connectivity index (χ4n) is 2.05. The molecule has 1 fully saturated rings. The molecule has 0 spiro atoms. The number of carboxylic acid groups (broad SMARTS) is 1. The fraction of sp³-hybridized carbons (Fsp3) is 0.429. The van der Waals surface area contributed by atoms with Gasteiger partial charge in [0.15, 0.2) is 6.61 Å². The molecular weight excluding hydrogens is 262 g/mol. The SMILES string of the molecule is CC1CCOC1C(=O)Nc1cccc(OCC(=O)O)c1. The number of rotatable bonds is 5. The van der Waals surface area contributed by atoms with E-state index in [4.69, 9.17) is 14.6 Å². The Kier molecular flexibility index (Phi) is 4.57. The molecule has 2 unspecified atom stereocenters. The minimum atomic E-state index is -1.05. The van der Waals surface area contributed by atoms with Crippen molar-refractivity contribution < 1.29 is 24.2 Å². The first-order chi connectivity index (χ1) is 9.56. The molecular formula is C14H17NO5. The Morgan fingerprint density at radius 3 is 2.95 bits per heavy atom. The first kappa shape index (κ1) is 14.3. The summed E-state index contributed by atoms with van der Waals surface area (Å²) in [6.07, 6.45) is 0.443. The highest BCUT2D eigenvalue weighted by atomic mass is 16.5. The predicted molar refractivity (Wildman–Crippen MR) is 71.7 cm³/mol. The molecule has 108 valence electrons. The molecule has 2 atom stereocenters. The zero-order valence-corrected chi connectivity index (χ0v) is 11.2. The summed E-state index contributed by atoms with van der Waals surface area (Å²) in [6.45, 7) is 2.16. The van der Waals surface area contributed by atoms with Crippen LogP contribution in [0.2, 0.25) is 0 Å². The van der Waals surface area contributed by atoms with E-state index < -0.39 is 18.7 Å².